The van der Waals surface area contributed by atoms with Gasteiger partial charge in [-0.05, 0) is 50.3 Å². The molecular weight excluding hydrogens is 234 g/mol. The lowest BCUT2D eigenvalue weighted by Crippen LogP contribution is -2.04. The molecule has 0 aliphatic heterocycles. The lowest BCUT2D eigenvalue weighted by atomic mass is 9.97. The van der Waals surface area contributed by atoms with Gasteiger partial charge in [-0.2, -0.15) is 5.10 Å². The maximum atomic E-state index is 6.16. The van der Waals surface area contributed by atoms with Gasteiger partial charge >= 0.3 is 0 Å². The van der Waals surface area contributed by atoms with Crippen LogP contribution < -0.4 is 5.73 Å². The van der Waals surface area contributed by atoms with Crippen molar-refractivity contribution >= 4 is 0 Å². The summed E-state index contributed by atoms with van der Waals surface area (Å²) in [7, 11) is 0. The van der Waals surface area contributed by atoms with Gasteiger partial charge in [0, 0.05) is 23.8 Å². The molecule has 0 radical (unpaired) electrons. The molecule has 1 atom stereocenters. The number of hydrogen-bond acceptors (Lipinski definition) is 2. The van der Waals surface area contributed by atoms with Crippen LogP contribution in [0.3, 0.4) is 0 Å². The molecule has 0 amide bonds. The number of aryl methyl sites for hydroxylation is 1. The molecule has 0 saturated heterocycles. The van der Waals surface area contributed by atoms with Crippen LogP contribution in [0.1, 0.15) is 49.2 Å². The fourth-order valence-corrected chi connectivity index (χ4v) is 2.95. The molecule has 0 spiro atoms. The van der Waals surface area contributed by atoms with Crippen molar-refractivity contribution in [2.24, 2.45) is 5.73 Å². The number of hydrogen-bond donors (Lipinski definition) is 1. The Morgan fingerprint density at radius 1 is 1.32 bits per heavy atom. The molecule has 0 saturated carbocycles. The Morgan fingerprint density at radius 3 is 2.79 bits per heavy atom. The molecule has 3 heteroatoms. The molecule has 1 aromatic heterocycles. The van der Waals surface area contributed by atoms with Crippen molar-refractivity contribution < 1.29 is 0 Å². The SMILES string of the molecule is Cc1nn(C(C)C)cc1-c1cccc2c1CCC2N. The quantitative estimate of drug-likeness (QED) is 0.894. The molecule has 2 N–H and O–H groups in total. The van der Waals surface area contributed by atoms with E-state index in [1.807, 2.05) is 4.68 Å². The Morgan fingerprint density at radius 2 is 2.11 bits per heavy atom. The topological polar surface area (TPSA) is 43.8 Å². The summed E-state index contributed by atoms with van der Waals surface area (Å²) < 4.78 is 2.04. The first-order chi connectivity index (χ1) is 9.08. The van der Waals surface area contributed by atoms with Crippen molar-refractivity contribution in [3.63, 3.8) is 0 Å². The van der Waals surface area contributed by atoms with Crippen LogP contribution in [0, 0.1) is 6.92 Å². The summed E-state index contributed by atoms with van der Waals surface area (Å²) >= 11 is 0. The highest BCUT2D eigenvalue weighted by molar-refractivity contribution is 5.71. The van der Waals surface area contributed by atoms with Crippen LogP contribution in [0.2, 0.25) is 0 Å². The normalized spacial score (nSPS) is 18.1. The summed E-state index contributed by atoms with van der Waals surface area (Å²) in [6.07, 6.45) is 4.31. The summed E-state index contributed by atoms with van der Waals surface area (Å²) in [4.78, 5) is 0. The fourth-order valence-electron chi connectivity index (χ4n) is 2.95. The Hall–Kier alpha value is -1.61. The zero-order valence-corrected chi connectivity index (χ0v) is 11.9. The van der Waals surface area contributed by atoms with Crippen molar-refractivity contribution in [3.05, 3.63) is 41.2 Å². The summed E-state index contributed by atoms with van der Waals surface area (Å²) in [6, 6.07) is 7.08. The molecular formula is C16H21N3. The van der Waals surface area contributed by atoms with Crippen molar-refractivity contribution in [2.75, 3.05) is 0 Å². The van der Waals surface area contributed by atoms with Gasteiger partial charge in [-0.25, -0.2) is 0 Å². The monoisotopic (exact) mass is 255 g/mol. The molecule has 0 fully saturated rings. The van der Waals surface area contributed by atoms with Crippen molar-refractivity contribution in [1.29, 1.82) is 0 Å². The third-order valence-electron chi connectivity index (χ3n) is 4.05. The lowest BCUT2D eigenvalue weighted by Gasteiger charge is -2.09. The van der Waals surface area contributed by atoms with E-state index in [2.05, 4.69) is 50.3 Å². The third kappa shape index (κ3) is 1.98. The first-order valence-corrected chi connectivity index (χ1v) is 7.01. The molecule has 0 bridgehead atoms. The van der Waals surface area contributed by atoms with Gasteiger partial charge in [0.25, 0.3) is 0 Å². The van der Waals surface area contributed by atoms with Crippen LogP contribution in [0.25, 0.3) is 11.1 Å². The van der Waals surface area contributed by atoms with Gasteiger partial charge < -0.3 is 5.73 Å². The molecule has 1 unspecified atom stereocenters. The number of fused-ring (bicyclic) bond motifs is 1. The Labute approximate surface area is 114 Å². The largest absolute Gasteiger partial charge is 0.324 e. The molecule has 3 nitrogen and oxygen atoms in total. The summed E-state index contributed by atoms with van der Waals surface area (Å²) in [5, 5.41) is 4.62. The van der Waals surface area contributed by atoms with E-state index in [0.717, 1.165) is 18.5 Å². The zero-order chi connectivity index (χ0) is 13.6. The molecule has 1 aliphatic rings. The van der Waals surface area contributed by atoms with Crippen LogP contribution in [-0.4, -0.2) is 9.78 Å². The van der Waals surface area contributed by atoms with Crippen LogP contribution in [0.5, 0.6) is 0 Å². The van der Waals surface area contributed by atoms with Crippen molar-refractivity contribution in [3.8, 4) is 11.1 Å². The highest BCUT2D eigenvalue weighted by Crippen LogP contribution is 2.37. The minimum absolute atomic E-state index is 0.204. The second-order valence-electron chi connectivity index (χ2n) is 5.72. The van der Waals surface area contributed by atoms with E-state index < -0.39 is 0 Å². The molecule has 1 aliphatic carbocycles. The molecule has 1 aromatic carbocycles. The van der Waals surface area contributed by atoms with Gasteiger partial charge in [-0.15, -0.1) is 0 Å². The molecule has 1 heterocycles. The van der Waals surface area contributed by atoms with Gasteiger partial charge in [0.05, 0.1) is 5.69 Å². The second kappa shape index (κ2) is 4.49. The number of aromatic nitrogens is 2. The minimum atomic E-state index is 0.204. The standard InChI is InChI=1S/C16H21N3/c1-10(2)19-9-15(11(3)18-19)12-5-4-6-14-13(12)7-8-16(14)17/h4-6,9-10,16H,7-8,17H2,1-3H3. The average molecular weight is 255 g/mol. The minimum Gasteiger partial charge on any atom is -0.324 e. The van der Waals surface area contributed by atoms with E-state index in [0.29, 0.717) is 6.04 Å². The van der Waals surface area contributed by atoms with E-state index in [4.69, 9.17) is 5.73 Å². The van der Waals surface area contributed by atoms with Crippen molar-refractivity contribution in [2.45, 2.75) is 45.7 Å². The highest BCUT2D eigenvalue weighted by Gasteiger charge is 2.23. The van der Waals surface area contributed by atoms with Crippen LogP contribution in [0.15, 0.2) is 24.4 Å². The van der Waals surface area contributed by atoms with Crippen LogP contribution >= 0.6 is 0 Å². The number of benzene rings is 1. The molecule has 19 heavy (non-hydrogen) atoms. The van der Waals surface area contributed by atoms with Crippen molar-refractivity contribution in [1.82, 2.24) is 9.78 Å². The van der Waals surface area contributed by atoms with Gasteiger partial charge in [0.2, 0.25) is 0 Å². The molecule has 100 valence electrons. The number of rotatable bonds is 2. The summed E-state index contributed by atoms with van der Waals surface area (Å²) in [5.41, 5.74) is 12.6. The highest BCUT2D eigenvalue weighted by atomic mass is 15.3. The number of nitrogens with two attached hydrogens (primary N) is 1. The zero-order valence-electron chi connectivity index (χ0n) is 11.9. The predicted molar refractivity (Wildman–Crippen MR) is 78.0 cm³/mol. The third-order valence-corrected chi connectivity index (χ3v) is 4.05. The fraction of sp³-hybridized carbons (Fsp3) is 0.438. The first kappa shape index (κ1) is 12.4. The molecule has 2 aromatic rings. The van der Waals surface area contributed by atoms with Crippen LogP contribution in [-0.2, 0) is 6.42 Å². The van der Waals surface area contributed by atoms with E-state index in [1.165, 1.54) is 22.3 Å². The Bertz CT molecular complexity index is 610. The van der Waals surface area contributed by atoms with Gasteiger partial charge in [-0.3, -0.25) is 4.68 Å². The second-order valence-corrected chi connectivity index (χ2v) is 5.72. The first-order valence-electron chi connectivity index (χ1n) is 7.01. The van der Waals surface area contributed by atoms with E-state index in [9.17, 15) is 0 Å². The van der Waals surface area contributed by atoms with Crippen LogP contribution in [0.4, 0.5) is 0 Å². The number of nitrogens with zero attached hydrogens (tertiary/aromatic N) is 2. The smallest absolute Gasteiger partial charge is 0.0672 e. The molecule has 3 rings (SSSR count). The van der Waals surface area contributed by atoms with E-state index >= 15 is 0 Å². The predicted octanol–water partition coefficient (Wildman–Crippen LogP) is 3.39. The Kier molecular flexibility index (Phi) is 2.94. The van der Waals surface area contributed by atoms with Gasteiger partial charge in [0.1, 0.15) is 0 Å². The summed E-state index contributed by atoms with van der Waals surface area (Å²) in [5.74, 6) is 0. The lowest BCUT2D eigenvalue weighted by molar-refractivity contribution is 0.529. The summed E-state index contributed by atoms with van der Waals surface area (Å²) in [6.45, 7) is 6.39. The maximum absolute atomic E-state index is 6.16. The van der Waals surface area contributed by atoms with E-state index in [1.54, 1.807) is 0 Å². The van der Waals surface area contributed by atoms with Gasteiger partial charge in [-0.1, -0.05) is 18.2 Å². The Balaban J connectivity index is 2.13. The van der Waals surface area contributed by atoms with E-state index in [-0.39, 0.29) is 6.04 Å². The average Bonchev–Trinajstić information content (AvgIpc) is 2.94. The van der Waals surface area contributed by atoms with Gasteiger partial charge in [0.15, 0.2) is 0 Å². The maximum Gasteiger partial charge on any atom is 0.0672 e.